The molecule has 1 unspecified atom stereocenters. The monoisotopic (exact) mass is 465 g/mol. The molecule has 9 heteroatoms. The molecule has 2 aromatic rings. The number of anilines is 1. The zero-order valence-corrected chi connectivity index (χ0v) is 18.4. The molecule has 1 atom stereocenters. The van der Waals surface area contributed by atoms with Gasteiger partial charge in [0.05, 0.1) is 6.54 Å². The summed E-state index contributed by atoms with van der Waals surface area (Å²) in [5.41, 5.74) is 2.51. The summed E-state index contributed by atoms with van der Waals surface area (Å²) in [6.07, 6.45) is 3.27. The number of hydrogen-bond acceptors (Lipinski definition) is 5. The predicted molar refractivity (Wildman–Crippen MR) is 119 cm³/mol. The second kappa shape index (κ2) is 8.89. The van der Waals surface area contributed by atoms with E-state index in [4.69, 9.17) is 4.74 Å². The molecule has 2 fully saturated rings. The van der Waals surface area contributed by atoms with Crippen molar-refractivity contribution in [3.63, 3.8) is 0 Å². The van der Waals surface area contributed by atoms with Gasteiger partial charge >= 0.3 is 6.09 Å². The Hall–Kier alpha value is -3.75. The topological polar surface area (TPSA) is 105 Å². The third-order valence-corrected chi connectivity index (χ3v) is 6.76. The van der Waals surface area contributed by atoms with E-state index in [9.17, 15) is 23.6 Å². The fourth-order valence-corrected chi connectivity index (χ4v) is 4.64. The average Bonchev–Trinajstić information content (AvgIpc) is 3.09. The summed E-state index contributed by atoms with van der Waals surface area (Å²) in [5, 5.41) is 4.86. The quantitative estimate of drug-likeness (QED) is 0.657. The standard InChI is InChI=1S/C25H24FN3O5/c26-20-11-14(13-34-25(33)27-17-6-4-16(5-7-17)15-2-1-3-15)10-18-19(20)12-29(24(18)32)21-8-9-22(30)28-23(21)31/h4-7,10-11,15,21H,1-3,8-9,12-13H2,(H,27,33)(H,28,30,31). The van der Waals surface area contributed by atoms with E-state index in [0.717, 1.165) is 0 Å². The Morgan fingerprint density at radius 2 is 1.88 bits per heavy atom. The summed E-state index contributed by atoms with van der Waals surface area (Å²) < 4.78 is 20.0. The predicted octanol–water partition coefficient (Wildman–Crippen LogP) is 3.60. The first kappa shape index (κ1) is 22.1. The number of nitrogens with zero attached hydrogens (tertiary/aromatic N) is 1. The molecular formula is C25H24FN3O5. The van der Waals surface area contributed by atoms with Crippen LogP contribution in [-0.4, -0.2) is 34.8 Å². The number of benzene rings is 2. The molecule has 1 aliphatic carbocycles. The molecule has 0 radical (unpaired) electrons. The maximum absolute atomic E-state index is 14.7. The number of piperidine rings is 1. The molecule has 5 rings (SSSR count). The zero-order valence-electron chi connectivity index (χ0n) is 18.4. The second-order valence-electron chi connectivity index (χ2n) is 8.95. The number of ether oxygens (including phenoxy) is 1. The van der Waals surface area contributed by atoms with Gasteiger partial charge in [0.25, 0.3) is 5.91 Å². The van der Waals surface area contributed by atoms with Crippen LogP contribution in [0, 0.1) is 5.82 Å². The van der Waals surface area contributed by atoms with Crippen molar-refractivity contribution in [2.75, 3.05) is 5.32 Å². The highest BCUT2D eigenvalue weighted by Crippen LogP contribution is 2.36. The second-order valence-corrected chi connectivity index (χ2v) is 8.95. The summed E-state index contributed by atoms with van der Waals surface area (Å²) in [7, 11) is 0. The van der Waals surface area contributed by atoms with Crippen LogP contribution in [0.15, 0.2) is 36.4 Å². The first-order valence-corrected chi connectivity index (χ1v) is 11.4. The number of imide groups is 1. The smallest absolute Gasteiger partial charge is 0.411 e. The van der Waals surface area contributed by atoms with Crippen LogP contribution in [0.4, 0.5) is 14.9 Å². The maximum Gasteiger partial charge on any atom is 0.411 e. The van der Waals surface area contributed by atoms with Crippen molar-refractivity contribution in [2.45, 2.75) is 57.2 Å². The van der Waals surface area contributed by atoms with Gasteiger partial charge in [-0.25, -0.2) is 9.18 Å². The van der Waals surface area contributed by atoms with Gasteiger partial charge in [0, 0.05) is 23.2 Å². The van der Waals surface area contributed by atoms with E-state index in [1.54, 1.807) is 0 Å². The molecule has 34 heavy (non-hydrogen) atoms. The highest BCUT2D eigenvalue weighted by molar-refractivity contribution is 6.05. The third-order valence-electron chi connectivity index (χ3n) is 6.76. The number of rotatable bonds is 5. The van der Waals surface area contributed by atoms with Gasteiger partial charge in [-0.2, -0.15) is 0 Å². The van der Waals surface area contributed by atoms with E-state index in [2.05, 4.69) is 10.6 Å². The lowest BCUT2D eigenvalue weighted by atomic mass is 9.80. The van der Waals surface area contributed by atoms with Gasteiger partial charge in [0.1, 0.15) is 18.5 Å². The van der Waals surface area contributed by atoms with E-state index < -0.39 is 29.8 Å². The summed E-state index contributed by atoms with van der Waals surface area (Å²) >= 11 is 0. The molecule has 1 saturated heterocycles. The average molecular weight is 465 g/mol. The van der Waals surface area contributed by atoms with Crippen LogP contribution in [0.3, 0.4) is 0 Å². The van der Waals surface area contributed by atoms with Gasteiger partial charge in [0.2, 0.25) is 11.8 Å². The van der Waals surface area contributed by atoms with E-state index >= 15 is 0 Å². The van der Waals surface area contributed by atoms with Crippen LogP contribution in [0.2, 0.25) is 0 Å². The van der Waals surface area contributed by atoms with Crippen molar-refractivity contribution in [3.05, 3.63) is 64.5 Å². The first-order valence-electron chi connectivity index (χ1n) is 11.4. The van der Waals surface area contributed by atoms with Gasteiger partial charge in [-0.05, 0) is 60.6 Å². The zero-order chi connectivity index (χ0) is 23.8. The third kappa shape index (κ3) is 4.25. The number of fused-ring (bicyclic) bond motifs is 1. The summed E-state index contributed by atoms with van der Waals surface area (Å²) in [6.45, 7) is -0.271. The molecule has 2 aromatic carbocycles. The van der Waals surface area contributed by atoms with Crippen LogP contribution in [0.25, 0.3) is 0 Å². The molecule has 176 valence electrons. The van der Waals surface area contributed by atoms with Gasteiger partial charge < -0.3 is 9.64 Å². The van der Waals surface area contributed by atoms with Gasteiger partial charge in [-0.3, -0.25) is 25.0 Å². The van der Waals surface area contributed by atoms with Crippen LogP contribution in [-0.2, 0) is 27.5 Å². The highest BCUT2D eigenvalue weighted by Gasteiger charge is 2.40. The van der Waals surface area contributed by atoms with E-state index in [1.165, 1.54) is 41.9 Å². The Bertz CT molecular complexity index is 1180. The van der Waals surface area contributed by atoms with E-state index in [0.29, 0.717) is 17.2 Å². The molecule has 1 saturated carbocycles. The van der Waals surface area contributed by atoms with Crippen LogP contribution >= 0.6 is 0 Å². The largest absolute Gasteiger partial charge is 0.444 e. The Morgan fingerprint density at radius 1 is 1.12 bits per heavy atom. The molecule has 3 aliphatic rings. The van der Waals surface area contributed by atoms with Gasteiger partial charge in [-0.1, -0.05) is 18.6 Å². The minimum atomic E-state index is -0.821. The molecule has 2 N–H and O–H groups in total. The number of hydrogen-bond donors (Lipinski definition) is 2. The number of amides is 4. The molecule has 8 nitrogen and oxygen atoms in total. The van der Waals surface area contributed by atoms with Crippen molar-refractivity contribution in [2.24, 2.45) is 0 Å². The van der Waals surface area contributed by atoms with Crippen LogP contribution in [0.5, 0.6) is 0 Å². The Labute approximate surface area is 195 Å². The van der Waals surface area contributed by atoms with Crippen molar-refractivity contribution in [1.29, 1.82) is 0 Å². The number of halogens is 1. The lowest BCUT2D eigenvalue weighted by Crippen LogP contribution is -2.52. The van der Waals surface area contributed by atoms with Crippen LogP contribution in [0.1, 0.15) is 65.1 Å². The Kier molecular flexibility index (Phi) is 5.77. The fraction of sp³-hybridized carbons (Fsp3) is 0.360. The molecule has 4 amide bonds. The summed E-state index contributed by atoms with van der Waals surface area (Å²) in [5.74, 6) is -1.43. The van der Waals surface area contributed by atoms with Crippen molar-refractivity contribution in [3.8, 4) is 0 Å². The van der Waals surface area contributed by atoms with Crippen molar-refractivity contribution in [1.82, 2.24) is 10.2 Å². The summed E-state index contributed by atoms with van der Waals surface area (Å²) in [6, 6.07) is 9.52. The fourth-order valence-electron chi connectivity index (χ4n) is 4.64. The molecule has 0 spiro atoms. The maximum atomic E-state index is 14.7. The Balaban J connectivity index is 1.21. The van der Waals surface area contributed by atoms with E-state index in [1.807, 2.05) is 24.3 Å². The first-order chi connectivity index (χ1) is 16.4. The van der Waals surface area contributed by atoms with E-state index in [-0.39, 0.29) is 43.0 Å². The van der Waals surface area contributed by atoms with Crippen molar-refractivity contribution >= 4 is 29.5 Å². The number of carbonyl (C=O) groups is 4. The van der Waals surface area contributed by atoms with Crippen molar-refractivity contribution < 1.29 is 28.3 Å². The lowest BCUT2D eigenvalue weighted by molar-refractivity contribution is -0.136. The van der Waals surface area contributed by atoms with Crippen LogP contribution < -0.4 is 10.6 Å². The minimum absolute atomic E-state index is 0.0508. The molecule has 2 heterocycles. The highest BCUT2D eigenvalue weighted by atomic mass is 19.1. The molecule has 0 bridgehead atoms. The summed E-state index contributed by atoms with van der Waals surface area (Å²) in [4.78, 5) is 49.9. The number of nitrogens with one attached hydrogen (secondary N) is 2. The number of carbonyl (C=O) groups excluding carboxylic acids is 4. The molecule has 0 aromatic heterocycles. The molecule has 2 aliphatic heterocycles. The SMILES string of the molecule is O=C1CCC(N2Cc3c(F)cc(COC(=O)Nc4ccc(C5CCC5)cc4)cc3C2=O)C(=O)N1. The molecular weight excluding hydrogens is 441 g/mol. The van der Waals surface area contributed by atoms with Gasteiger partial charge in [0.15, 0.2) is 0 Å². The van der Waals surface area contributed by atoms with Gasteiger partial charge in [-0.15, -0.1) is 0 Å². The Morgan fingerprint density at radius 3 is 2.56 bits per heavy atom. The minimum Gasteiger partial charge on any atom is -0.444 e. The normalized spacial score (nSPS) is 20.0. The lowest BCUT2D eigenvalue weighted by Gasteiger charge is -2.29.